The van der Waals surface area contributed by atoms with Gasteiger partial charge in [0.05, 0.1) is 0 Å². The Bertz CT molecular complexity index is 421. The van der Waals surface area contributed by atoms with E-state index in [0.29, 0.717) is 0 Å². The highest BCUT2D eigenvalue weighted by atomic mass is 32.2. The summed E-state index contributed by atoms with van der Waals surface area (Å²) in [5.74, 6) is 4.50. The van der Waals surface area contributed by atoms with Gasteiger partial charge in [0.2, 0.25) is 0 Å². The number of hydrogen-bond acceptors (Lipinski definition) is 6. The van der Waals surface area contributed by atoms with Crippen LogP contribution in [0.5, 0.6) is 0 Å². The van der Waals surface area contributed by atoms with Crippen LogP contribution in [0.1, 0.15) is 25.8 Å². The fourth-order valence-electron chi connectivity index (χ4n) is 2.53. The first-order chi connectivity index (χ1) is 10.3. The molecule has 0 aliphatic carbocycles. The smallest absolute Gasteiger partial charge is 0.134 e. The summed E-state index contributed by atoms with van der Waals surface area (Å²) in [6.07, 6.45) is 3.76. The minimum atomic E-state index is 0.888. The molecule has 2 rings (SSSR count). The van der Waals surface area contributed by atoms with Gasteiger partial charge in [0.25, 0.3) is 0 Å². The highest BCUT2D eigenvalue weighted by Crippen LogP contribution is 2.21. The van der Waals surface area contributed by atoms with Gasteiger partial charge in [-0.15, -0.1) is 0 Å². The van der Waals surface area contributed by atoms with Gasteiger partial charge in [0.1, 0.15) is 18.0 Å². The monoisotopic (exact) mass is 309 g/mol. The summed E-state index contributed by atoms with van der Waals surface area (Å²) >= 11 is 2.05. The zero-order chi connectivity index (χ0) is 14.9. The zero-order valence-corrected chi connectivity index (χ0v) is 14.0. The third-order valence-electron chi connectivity index (χ3n) is 3.61. The first-order valence-electron chi connectivity index (χ1n) is 7.96. The second-order valence-electron chi connectivity index (χ2n) is 5.21. The molecule has 6 heteroatoms. The van der Waals surface area contributed by atoms with Gasteiger partial charge in [-0.05, 0) is 13.3 Å². The minimum Gasteiger partial charge on any atom is -0.370 e. The molecule has 1 aliphatic heterocycles. The Labute approximate surface area is 132 Å². The number of hydrogen-bond donors (Lipinski definition) is 2. The molecule has 2 N–H and O–H groups in total. The Hall–Kier alpha value is -1.01. The fourth-order valence-corrected chi connectivity index (χ4v) is 3.51. The number of nitrogens with one attached hydrogen (secondary N) is 2. The molecule has 0 amide bonds. The van der Waals surface area contributed by atoms with E-state index in [-0.39, 0.29) is 0 Å². The van der Waals surface area contributed by atoms with Crippen LogP contribution in [0.15, 0.2) is 6.33 Å². The van der Waals surface area contributed by atoms with E-state index in [1.165, 1.54) is 30.2 Å². The Morgan fingerprint density at radius 2 is 1.86 bits per heavy atom. The molecule has 1 aromatic heterocycles. The number of nitrogens with zero attached hydrogens (tertiary/aromatic N) is 3. The summed E-state index contributed by atoms with van der Waals surface area (Å²) in [5.41, 5.74) is 1.22. The quantitative estimate of drug-likeness (QED) is 0.769. The predicted molar refractivity (Wildman–Crippen MR) is 92.4 cm³/mol. The van der Waals surface area contributed by atoms with Gasteiger partial charge in [-0.1, -0.05) is 13.3 Å². The van der Waals surface area contributed by atoms with Crippen molar-refractivity contribution in [3.05, 3.63) is 11.9 Å². The molecule has 5 nitrogen and oxygen atoms in total. The van der Waals surface area contributed by atoms with Crippen LogP contribution in [0.25, 0.3) is 0 Å². The van der Waals surface area contributed by atoms with E-state index in [0.717, 1.165) is 44.1 Å². The molecule has 0 bridgehead atoms. The van der Waals surface area contributed by atoms with Crippen molar-refractivity contribution in [2.75, 3.05) is 54.9 Å². The van der Waals surface area contributed by atoms with Crippen molar-refractivity contribution in [1.29, 1.82) is 0 Å². The topological polar surface area (TPSA) is 53.1 Å². The van der Waals surface area contributed by atoms with Gasteiger partial charge in [-0.2, -0.15) is 11.8 Å². The summed E-state index contributed by atoms with van der Waals surface area (Å²) in [5, 5.41) is 6.84. The van der Waals surface area contributed by atoms with Crippen LogP contribution in [0.2, 0.25) is 0 Å². The minimum absolute atomic E-state index is 0.888. The lowest BCUT2D eigenvalue weighted by Crippen LogP contribution is -2.36. The van der Waals surface area contributed by atoms with Crippen LogP contribution < -0.4 is 10.6 Å². The van der Waals surface area contributed by atoms with Crippen molar-refractivity contribution in [3.63, 3.8) is 0 Å². The van der Waals surface area contributed by atoms with E-state index in [4.69, 9.17) is 0 Å². The molecule has 2 heterocycles. The van der Waals surface area contributed by atoms with Gasteiger partial charge in [0.15, 0.2) is 0 Å². The summed E-state index contributed by atoms with van der Waals surface area (Å²) < 4.78 is 0. The molecule has 118 valence electrons. The van der Waals surface area contributed by atoms with E-state index >= 15 is 0 Å². The predicted octanol–water partition coefficient (Wildman–Crippen LogP) is 2.32. The number of thioether (sulfide) groups is 1. The average Bonchev–Trinajstić information content (AvgIpc) is 2.51. The number of rotatable bonds is 8. The van der Waals surface area contributed by atoms with Crippen LogP contribution in [-0.4, -0.2) is 59.1 Å². The van der Waals surface area contributed by atoms with Crippen molar-refractivity contribution in [2.45, 2.75) is 26.7 Å². The lowest BCUT2D eigenvalue weighted by atomic mass is 10.1. The van der Waals surface area contributed by atoms with Crippen molar-refractivity contribution >= 4 is 23.4 Å². The highest BCUT2D eigenvalue weighted by Gasteiger charge is 2.12. The summed E-state index contributed by atoms with van der Waals surface area (Å²) in [6.45, 7) is 9.63. The Balaban J connectivity index is 1.92. The molecule has 0 saturated carbocycles. The van der Waals surface area contributed by atoms with Crippen LogP contribution in [-0.2, 0) is 6.42 Å². The van der Waals surface area contributed by atoms with Crippen LogP contribution in [0.3, 0.4) is 0 Å². The number of aromatic nitrogens is 2. The van der Waals surface area contributed by atoms with E-state index < -0.39 is 0 Å². The highest BCUT2D eigenvalue weighted by molar-refractivity contribution is 7.99. The molecule has 0 atom stereocenters. The van der Waals surface area contributed by atoms with Gasteiger partial charge in [0, 0.05) is 49.8 Å². The Kier molecular flexibility index (Phi) is 7.09. The Morgan fingerprint density at radius 3 is 2.52 bits per heavy atom. The van der Waals surface area contributed by atoms with Crippen LogP contribution in [0.4, 0.5) is 11.6 Å². The molecule has 1 fully saturated rings. The second kappa shape index (κ2) is 9.10. The maximum atomic E-state index is 4.44. The molecule has 1 aliphatic rings. The summed E-state index contributed by atoms with van der Waals surface area (Å²) in [4.78, 5) is 11.3. The first-order valence-corrected chi connectivity index (χ1v) is 9.12. The van der Waals surface area contributed by atoms with Gasteiger partial charge in [-0.3, -0.25) is 4.90 Å². The van der Waals surface area contributed by atoms with Crippen molar-refractivity contribution in [3.8, 4) is 0 Å². The third-order valence-corrected chi connectivity index (χ3v) is 4.56. The maximum Gasteiger partial charge on any atom is 0.134 e. The lowest BCUT2D eigenvalue weighted by molar-refractivity contribution is 0.314. The standard InChI is InChI=1S/C15H27N5S/c1-3-5-13-14(16-4-2)18-12-19-15(13)17-6-7-20-8-10-21-11-9-20/h12H,3-11H2,1-2H3,(H2,16,17,18,19). The summed E-state index contributed by atoms with van der Waals surface area (Å²) in [7, 11) is 0. The molecule has 0 unspecified atom stereocenters. The average molecular weight is 309 g/mol. The van der Waals surface area contributed by atoms with Crippen molar-refractivity contribution < 1.29 is 0 Å². The first kappa shape index (κ1) is 16.4. The molecular weight excluding hydrogens is 282 g/mol. The number of anilines is 2. The zero-order valence-electron chi connectivity index (χ0n) is 13.2. The van der Waals surface area contributed by atoms with Crippen molar-refractivity contribution in [1.82, 2.24) is 14.9 Å². The van der Waals surface area contributed by atoms with Crippen molar-refractivity contribution in [2.24, 2.45) is 0 Å². The second-order valence-corrected chi connectivity index (χ2v) is 6.44. The Morgan fingerprint density at radius 1 is 1.14 bits per heavy atom. The van der Waals surface area contributed by atoms with Crippen LogP contribution in [0, 0.1) is 0 Å². The SMILES string of the molecule is CCCc1c(NCC)ncnc1NCCN1CCSCC1. The maximum absolute atomic E-state index is 4.44. The van der Waals surface area contributed by atoms with Gasteiger partial charge < -0.3 is 10.6 Å². The molecule has 0 spiro atoms. The molecule has 0 aromatic carbocycles. The summed E-state index contributed by atoms with van der Waals surface area (Å²) in [6, 6.07) is 0. The van der Waals surface area contributed by atoms with Crippen LogP contribution >= 0.6 is 11.8 Å². The van der Waals surface area contributed by atoms with E-state index in [1.807, 2.05) is 0 Å². The van der Waals surface area contributed by atoms with E-state index in [2.05, 4.69) is 51.1 Å². The molecule has 1 aromatic rings. The molecule has 21 heavy (non-hydrogen) atoms. The van der Waals surface area contributed by atoms with Gasteiger partial charge in [-0.25, -0.2) is 9.97 Å². The van der Waals surface area contributed by atoms with E-state index in [9.17, 15) is 0 Å². The van der Waals surface area contributed by atoms with Gasteiger partial charge >= 0.3 is 0 Å². The normalized spacial score (nSPS) is 15.9. The fraction of sp³-hybridized carbons (Fsp3) is 0.733. The lowest BCUT2D eigenvalue weighted by Gasteiger charge is -2.26. The molecular formula is C15H27N5S. The molecule has 1 saturated heterocycles. The van der Waals surface area contributed by atoms with E-state index in [1.54, 1.807) is 6.33 Å². The largest absolute Gasteiger partial charge is 0.370 e. The molecule has 0 radical (unpaired) electrons. The third kappa shape index (κ3) is 5.04.